The Balaban J connectivity index is 2.95. The van der Waals surface area contributed by atoms with Crippen LogP contribution in [0.1, 0.15) is 6.92 Å². The fraction of sp³-hybridized carbons (Fsp3) is 0.471. The van der Waals surface area contributed by atoms with Crippen molar-refractivity contribution < 1.29 is 24.6 Å². The summed E-state index contributed by atoms with van der Waals surface area (Å²) in [7, 11) is 0. The minimum absolute atomic E-state index is 0.160. The van der Waals surface area contributed by atoms with Gasteiger partial charge in [-0.15, -0.1) is 23.2 Å². The van der Waals surface area contributed by atoms with E-state index in [0.29, 0.717) is 5.69 Å². The molecule has 1 aromatic carbocycles. The molecule has 0 aliphatic heterocycles. The minimum atomic E-state index is -1.43. The second kappa shape index (κ2) is 11.6. The van der Waals surface area contributed by atoms with Crippen LogP contribution < -0.4 is 10.6 Å². The first-order chi connectivity index (χ1) is 12.8. The van der Waals surface area contributed by atoms with E-state index >= 15 is 0 Å². The molecule has 2 amide bonds. The highest BCUT2D eigenvalue weighted by Gasteiger charge is 2.39. The van der Waals surface area contributed by atoms with Gasteiger partial charge in [0.25, 0.3) is 0 Å². The summed E-state index contributed by atoms with van der Waals surface area (Å²) in [6.45, 7) is 1.89. The van der Waals surface area contributed by atoms with Crippen molar-refractivity contribution in [2.45, 2.75) is 19.0 Å². The maximum Gasteiger partial charge on any atom is 0.326 e. The van der Waals surface area contributed by atoms with E-state index in [4.69, 9.17) is 23.2 Å². The minimum Gasteiger partial charge on any atom is -0.480 e. The van der Waals surface area contributed by atoms with Crippen molar-refractivity contribution in [1.82, 2.24) is 10.2 Å². The van der Waals surface area contributed by atoms with Crippen LogP contribution in [0, 0.1) is 5.92 Å². The first kappa shape index (κ1) is 23.0. The van der Waals surface area contributed by atoms with Crippen molar-refractivity contribution in [3.8, 4) is 0 Å². The molecule has 0 aliphatic rings. The maximum absolute atomic E-state index is 12.2. The molecule has 0 aromatic heterocycles. The largest absolute Gasteiger partial charge is 0.480 e. The number of benzene rings is 1. The number of nitrogens with zero attached hydrogens (tertiary/aromatic N) is 1. The van der Waals surface area contributed by atoms with Gasteiger partial charge >= 0.3 is 18.0 Å². The first-order valence-corrected chi connectivity index (χ1v) is 9.32. The highest BCUT2D eigenvalue weighted by Crippen LogP contribution is 2.17. The number of halogens is 2. The number of hydrogen-bond donors (Lipinski definition) is 4. The average Bonchev–Trinajstić information content (AvgIpc) is 2.60. The second-order valence-corrected chi connectivity index (χ2v) is 6.59. The summed E-state index contributed by atoms with van der Waals surface area (Å²) in [4.78, 5) is 37.1. The summed E-state index contributed by atoms with van der Waals surface area (Å²) in [5.74, 6) is -3.18. The molecule has 0 radical (unpaired) electrons. The summed E-state index contributed by atoms with van der Waals surface area (Å²) < 4.78 is 0. The molecular formula is C17H23Cl2N3O5. The fourth-order valence-corrected chi connectivity index (χ4v) is 3.19. The monoisotopic (exact) mass is 419 g/mol. The van der Waals surface area contributed by atoms with Gasteiger partial charge < -0.3 is 20.8 Å². The Morgan fingerprint density at radius 1 is 1.04 bits per heavy atom. The van der Waals surface area contributed by atoms with Crippen molar-refractivity contribution in [3.05, 3.63) is 30.3 Å². The lowest BCUT2D eigenvalue weighted by Crippen LogP contribution is -2.56. The lowest BCUT2D eigenvalue weighted by atomic mass is 9.92. The summed E-state index contributed by atoms with van der Waals surface area (Å²) in [6.07, 6.45) is 0. The Hall–Kier alpha value is -2.03. The normalized spacial score (nSPS) is 14.2. The summed E-state index contributed by atoms with van der Waals surface area (Å²) in [5, 5.41) is 24.0. The molecular weight excluding hydrogens is 397 g/mol. The Morgan fingerprint density at radius 3 is 2.04 bits per heavy atom. The molecule has 27 heavy (non-hydrogen) atoms. The van der Waals surface area contributed by atoms with Crippen LogP contribution in [0.4, 0.5) is 10.5 Å². The lowest BCUT2D eigenvalue weighted by Gasteiger charge is -2.34. The predicted molar refractivity (Wildman–Crippen MR) is 104 cm³/mol. The molecule has 0 heterocycles. The smallest absolute Gasteiger partial charge is 0.326 e. The summed E-state index contributed by atoms with van der Waals surface area (Å²) in [5.41, 5.74) is 0.479. The fourth-order valence-electron chi connectivity index (χ4n) is 2.75. The first-order valence-electron chi connectivity index (χ1n) is 8.26. The van der Waals surface area contributed by atoms with Crippen LogP contribution in [-0.2, 0) is 9.59 Å². The van der Waals surface area contributed by atoms with Gasteiger partial charge in [-0.3, -0.25) is 9.69 Å². The van der Waals surface area contributed by atoms with E-state index in [2.05, 4.69) is 10.6 Å². The number of carbonyl (C=O) groups is 3. The van der Waals surface area contributed by atoms with Gasteiger partial charge in [0.15, 0.2) is 0 Å². The van der Waals surface area contributed by atoms with Gasteiger partial charge in [-0.05, 0) is 12.1 Å². The van der Waals surface area contributed by atoms with Crippen LogP contribution in [0.25, 0.3) is 0 Å². The van der Waals surface area contributed by atoms with Gasteiger partial charge in [0, 0.05) is 36.5 Å². The third kappa shape index (κ3) is 7.24. The highest BCUT2D eigenvalue weighted by atomic mass is 35.5. The molecule has 10 heteroatoms. The zero-order valence-corrected chi connectivity index (χ0v) is 16.3. The molecule has 0 fully saturated rings. The third-order valence-electron chi connectivity index (χ3n) is 4.00. The van der Waals surface area contributed by atoms with Crippen LogP contribution in [0.5, 0.6) is 0 Å². The van der Waals surface area contributed by atoms with Crippen molar-refractivity contribution in [1.29, 1.82) is 0 Å². The van der Waals surface area contributed by atoms with Gasteiger partial charge in [-0.25, -0.2) is 9.59 Å². The SMILES string of the molecule is CC(C(C(=O)O)N(CCCl)CCCl)[C@H](NC(=O)Nc1ccccc1)C(=O)O. The number of para-hydroxylation sites is 1. The number of nitrogens with one attached hydrogen (secondary N) is 2. The van der Waals surface area contributed by atoms with Crippen molar-refractivity contribution >= 4 is 46.9 Å². The van der Waals surface area contributed by atoms with E-state index in [9.17, 15) is 24.6 Å². The molecule has 0 bridgehead atoms. The highest BCUT2D eigenvalue weighted by molar-refractivity contribution is 6.18. The van der Waals surface area contributed by atoms with Gasteiger partial charge in [0.05, 0.1) is 0 Å². The Morgan fingerprint density at radius 2 is 1.59 bits per heavy atom. The number of alkyl halides is 2. The Bertz CT molecular complexity index is 626. The van der Waals surface area contributed by atoms with E-state index in [-0.39, 0.29) is 24.8 Å². The van der Waals surface area contributed by atoms with E-state index in [1.807, 2.05) is 0 Å². The van der Waals surface area contributed by atoms with E-state index in [0.717, 1.165) is 0 Å². The summed E-state index contributed by atoms with van der Waals surface area (Å²) >= 11 is 11.5. The standard InChI is InChI=1S/C17H23Cl2N3O5/c1-11(14(16(25)26)22(9-7-18)10-8-19)13(15(23)24)21-17(27)20-12-5-3-2-4-6-12/h2-6,11,13-14H,7-10H2,1H3,(H,23,24)(H,25,26)(H2,20,21,27)/t11?,13-,14?/m0/s1. The topological polar surface area (TPSA) is 119 Å². The molecule has 0 saturated carbocycles. The van der Waals surface area contributed by atoms with Crippen molar-refractivity contribution in [2.75, 3.05) is 30.2 Å². The Kier molecular flexibility index (Phi) is 9.92. The van der Waals surface area contributed by atoms with Crippen LogP contribution in [0.2, 0.25) is 0 Å². The molecule has 4 N–H and O–H groups in total. The average molecular weight is 420 g/mol. The van der Waals surface area contributed by atoms with E-state index in [1.165, 1.54) is 11.8 Å². The molecule has 0 aliphatic carbocycles. The molecule has 0 spiro atoms. The van der Waals surface area contributed by atoms with Crippen LogP contribution in [-0.4, -0.2) is 70.0 Å². The third-order valence-corrected chi connectivity index (χ3v) is 4.34. The molecule has 1 rings (SSSR count). The molecule has 150 valence electrons. The molecule has 2 unspecified atom stereocenters. The van der Waals surface area contributed by atoms with Gasteiger partial charge in [0.1, 0.15) is 12.1 Å². The molecule has 1 aromatic rings. The number of carboxylic acid groups (broad SMARTS) is 2. The molecule has 3 atom stereocenters. The van der Waals surface area contributed by atoms with E-state index in [1.54, 1.807) is 30.3 Å². The second-order valence-electron chi connectivity index (χ2n) is 5.84. The van der Waals surface area contributed by atoms with Crippen molar-refractivity contribution in [3.63, 3.8) is 0 Å². The number of urea groups is 1. The van der Waals surface area contributed by atoms with Crippen LogP contribution in [0.3, 0.4) is 0 Å². The number of carboxylic acids is 2. The van der Waals surface area contributed by atoms with Gasteiger partial charge in [-0.1, -0.05) is 25.1 Å². The maximum atomic E-state index is 12.2. The van der Waals surface area contributed by atoms with E-state index < -0.39 is 36.0 Å². The molecule has 0 saturated heterocycles. The number of aliphatic carboxylic acids is 2. The Labute approximate surface area is 167 Å². The number of hydrogen-bond acceptors (Lipinski definition) is 4. The number of anilines is 1. The zero-order valence-electron chi connectivity index (χ0n) is 14.8. The summed E-state index contributed by atoms with van der Waals surface area (Å²) in [6, 6.07) is 5.12. The van der Waals surface area contributed by atoms with Gasteiger partial charge in [-0.2, -0.15) is 0 Å². The molecule has 8 nitrogen and oxygen atoms in total. The van der Waals surface area contributed by atoms with Gasteiger partial charge in [0.2, 0.25) is 0 Å². The number of amides is 2. The zero-order chi connectivity index (χ0) is 20.4. The predicted octanol–water partition coefficient (Wildman–Crippen LogP) is 2.13. The van der Waals surface area contributed by atoms with Crippen LogP contribution >= 0.6 is 23.2 Å². The lowest BCUT2D eigenvalue weighted by molar-refractivity contribution is -0.148. The van der Waals surface area contributed by atoms with Crippen molar-refractivity contribution in [2.24, 2.45) is 5.92 Å². The number of rotatable bonds is 11. The number of carbonyl (C=O) groups excluding carboxylic acids is 1. The quantitative estimate of drug-likeness (QED) is 0.408. The van der Waals surface area contributed by atoms with Crippen LogP contribution in [0.15, 0.2) is 30.3 Å².